The van der Waals surface area contributed by atoms with E-state index in [1.54, 1.807) is 4.90 Å². The summed E-state index contributed by atoms with van der Waals surface area (Å²) in [5.74, 6) is 5.98. The first kappa shape index (κ1) is 14.7. The van der Waals surface area contributed by atoms with Crippen molar-refractivity contribution in [2.24, 2.45) is 0 Å². The van der Waals surface area contributed by atoms with E-state index in [1.165, 1.54) is 19.9 Å². The molecule has 110 valence electrons. The smallest absolute Gasteiger partial charge is 0.407 e. The maximum Gasteiger partial charge on any atom is 0.407 e. The topological polar surface area (TPSA) is 61.9 Å². The summed E-state index contributed by atoms with van der Waals surface area (Å²) in [5, 5.41) is 2.35. The molecule has 0 unspecified atom stereocenters. The molecule has 0 aromatic carbocycles. The van der Waals surface area contributed by atoms with Gasteiger partial charge in [-0.15, -0.1) is 0 Å². The molecule has 1 atom stereocenters. The fourth-order valence-corrected chi connectivity index (χ4v) is 2.42. The first-order chi connectivity index (χ1) is 9.70. The average molecular weight is 279 g/mol. The van der Waals surface area contributed by atoms with E-state index < -0.39 is 12.2 Å². The van der Waals surface area contributed by atoms with Crippen LogP contribution in [-0.4, -0.2) is 67.7 Å². The van der Waals surface area contributed by atoms with Gasteiger partial charge >= 0.3 is 6.09 Å². The van der Waals surface area contributed by atoms with Crippen LogP contribution >= 0.6 is 0 Å². The van der Waals surface area contributed by atoms with Gasteiger partial charge in [0.15, 0.2) is 6.10 Å². The quantitative estimate of drug-likeness (QED) is 0.741. The number of likely N-dealkylation sites (tertiary alicyclic amines) is 2. The fourth-order valence-electron chi connectivity index (χ4n) is 2.42. The zero-order valence-electron chi connectivity index (χ0n) is 11.9. The summed E-state index contributed by atoms with van der Waals surface area (Å²) in [6.45, 7) is 4.04. The van der Waals surface area contributed by atoms with E-state index in [2.05, 4.69) is 22.1 Å². The van der Waals surface area contributed by atoms with E-state index in [0.29, 0.717) is 19.5 Å². The van der Waals surface area contributed by atoms with Crippen LogP contribution in [0.5, 0.6) is 0 Å². The molecule has 2 fully saturated rings. The number of hydrogen-bond donors (Lipinski definition) is 1. The van der Waals surface area contributed by atoms with Crippen LogP contribution < -0.4 is 5.32 Å². The number of hydrogen-bond acceptors (Lipinski definition) is 4. The van der Waals surface area contributed by atoms with E-state index in [0.717, 1.165) is 19.6 Å². The van der Waals surface area contributed by atoms with Crippen molar-refractivity contribution in [2.45, 2.75) is 25.4 Å². The third-order valence-corrected chi connectivity index (χ3v) is 3.60. The van der Waals surface area contributed by atoms with Gasteiger partial charge in [-0.25, -0.2) is 4.79 Å². The summed E-state index contributed by atoms with van der Waals surface area (Å²) in [4.78, 5) is 27.0. The molecular weight excluding hydrogens is 258 g/mol. The second-order valence-corrected chi connectivity index (χ2v) is 5.03. The Kier molecular flexibility index (Phi) is 5.24. The van der Waals surface area contributed by atoms with Crippen LogP contribution in [0.3, 0.4) is 0 Å². The van der Waals surface area contributed by atoms with E-state index in [9.17, 15) is 9.59 Å². The Balaban J connectivity index is 1.72. The Labute approximate surface area is 119 Å². The minimum atomic E-state index is -0.657. The van der Waals surface area contributed by atoms with Crippen molar-refractivity contribution in [1.82, 2.24) is 15.1 Å². The van der Waals surface area contributed by atoms with Crippen molar-refractivity contribution in [1.29, 1.82) is 0 Å². The molecule has 0 saturated carbocycles. The Morgan fingerprint density at radius 3 is 2.70 bits per heavy atom. The van der Waals surface area contributed by atoms with Crippen molar-refractivity contribution in [3.63, 3.8) is 0 Å². The molecule has 6 nitrogen and oxygen atoms in total. The van der Waals surface area contributed by atoms with Gasteiger partial charge in [0.1, 0.15) is 0 Å². The van der Waals surface area contributed by atoms with E-state index in [1.807, 2.05) is 0 Å². The van der Waals surface area contributed by atoms with Crippen molar-refractivity contribution in [2.75, 3.05) is 39.8 Å². The first-order valence-corrected chi connectivity index (χ1v) is 7.06. The van der Waals surface area contributed by atoms with Crippen LogP contribution in [0.1, 0.15) is 19.3 Å². The monoisotopic (exact) mass is 279 g/mol. The zero-order chi connectivity index (χ0) is 14.4. The molecule has 20 heavy (non-hydrogen) atoms. The maximum absolute atomic E-state index is 12.0. The van der Waals surface area contributed by atoms with Gasteiger partial charge in [-0.05, 0) is 25.9 Å². The molecular formula is C14H21N3O3. The summed E-state index contributed by atoms with van der Waals surface area (Å²) in [7, 11) is 1.48. The van der Waals surface area contributed by atoms with E-state index in [4.69, 9.17) is 4.74 Å². The molecule has 2 aliphatic heterocycles. The second-order valence-electron chi connectivity index (χ2n) is 5.03. The summed E-state index contributed by atoms with van der Waals surface area (Å²) < 4.78 is 4.99. The average Bonchev–Trinajstić information content (AvgIpc) is 3.07. The highest BCUT2D eigenvalue weighted by Crippen LogP contribution is 2.14. The van der Waals surface area contributed by atoms with Gasteiger partial charge < -0.3 is 15.0 Å². The SMILES string of the molecule is CNC(=O)O[C@H]1CCN(CC#CCN2CCCC2)C1=O. The highest BCUT2D eigenvalue weighted by atomic mass is 16.6. The van der Waals surface area contributed by atoms with Gasteiger partial charge in [0.05, 0.1) is 13.1 Å². The number of alkyl carbamates (subject to hydrolysis) is 1. The molecule has 2 saturated heterocycles. The predicted molar refractivity (Wildman–Crippen MR) is 74.0 cm³/mol. The third kappa shape index (κ3) is 3.87. The first-order valence-electron chi connectivity index (χ1n) is 7.06. The number of carbonyl (C=O) groups is 2. The van der Waals surface area contributed by atoms with Crippen molar-refractivity contribution in [3.8, 4) is 11.8 Å². The number of rotatable bonds is 3. The lowest BCUT2D eigenvalue weighted by molar-refractivity contribution is -0.134. The molecule has 0 aliphatic carbocycles. The molecule has 2 amide bonds. The van der Waals surface area contributed by atoms with Crippen molar-refractivity contribution < 1.29 is 14.3 Å². The summed E-state index contributed by atoms with van der Waals surface area (Å²) in [5.41, 5.74) is 0. The molecule has 2 rings (SSSR count). The zero-order valence-corrected chi connectivity index (χ0v) is 11.9. The van der Waals surface area contributed by atoms with E-state index in [-0.39, 0.29) is 5.91 Å². The van der Waals surface area contributed by atoms with Gasteiger partial charge in [-0.3, -0.25) is 9.69 Å². The van der Waals surface area contributed by atoms with Crippen LogP contribution in [0.2, 0.25) is 0 Å². The van der Waals surface area contributed by atoms with Gasteiger partial charge in [0, 0.05) is 20.0 Å². The van der Waals surface area contributed by atoms with Crippen LogP contribution in [0.25, 0.3) is 0 Å². The summed E-state index contributed by atoms with van der Waals surface area (Å²) in [6.07, 6.45) is 1.83. The Hall–Kier alpha value is -1.74. The van der Waals surface area contributed by atoms with Crippen LogP contribution in [0.4, 0.5) is 4.79 Å². The van der Waals surface area contributed by atoms with Crippen molar-refractivity contribution in [3.05, 3.63) is 0 Å². The molecule has 0 radical (unpaired) electrons. The number of ether oxygens (including phenoxy) is 1. The normalized spacial score (nSPS) is 22.6. The maximum atomic E-state index is 12.0. The molecule has 6 heteroatoms. The van der Waals surface area contributed by atoms with E-state index >= 15 is 0 Å². The number of nitrogens with one attached hydrogen (secondary N) is 1. The number of carbonyl (C=O) groups excluding carboxylic acids is 2. The minimum Gasteiger partial charge on any atom is -0.436 e. The van der Waals surface area contributed by atoms with Crippen LogP contribution in [-0.2, 0) is 9.53 Å². The van der Waals surface area contributed by atoms with Gasteiger partial charge in [0.2, 0.25) is 0 Å². The molecule has 0 aromatic rings. The second kappa shape index (κ2) is 7.15. The van der Waals surface area contributed by atoms with Crippen LogP contribution in [0, 0.1) is 11.8 Å². The highest BCUT2D eigenvalue weighted by Gasteiger charge is 2.33. The standard InChI is InChI=1S/C14H21N3O3/c1-15-14(19)20-12-6-11-17(13(12)18)10-5-4-9-16-7-2-3-8-16/h12H,2-3,6-11H2,1H3,(H,15,19)/t12-/m0/s1. The van der Waals surface area contributed by atoms with Gasteiger partial charge in [0.25, 0.3) is 5.91 Å². The lowest BCUT2D eigenvalue weighted by Gasteiger charge is -2.13. The third-order valence-electron chi connectivity index (χ3n) is 3.60. The molecule has 0 spiro atoms. The highest BCUT2D eigenvalue weighted by molar-refractivity contribution is 5.85. The number of amides is 2. The van der Waals surface area contributed by atoms with Gasteiger partial charge in [-0.2, -0.15) is 0 Å². The summed E-state index contributed by atoms with van der Waals surface area (Å²) in [6, 6.07) is 0. The van der Waals surface area contributed by atoms with Crippen LogP contribution in [0.15, 0.2) is 0 Å². The lowest BCUT2D eigenvalue weighted by Crippen LogP contribution is -2.34. The van der Waals surface area contributed by atoms with Gasteiger partial charge in [-0.1, -0.05) is 11.8 Å². The molecule has 0 bridgehead atoms. The lowest BCUT2D eigenvalue weighted by atomic mass is 10.3. The minimum absolute atomic E-state index is 0.149. The molecule has 2 heterocycles. The predicted octanol–water partition coefficient (Wildman–Crippen LogP) is 0.0425. The van der Waals surface area contributed by atoms with Crippen molar-refractivity contribution >= 4 is 12.0 Å². The molecule has 2 aliphatic rings. The Morgan fingerprint density at radius 2 is 2.00 bits per heavy atom. The largest absolute Gasteiger partial charge is 0.436 e. The molecule has 0 aromatic heterocycles. The molecule has 1 N–H and O–H groups in total. The number of nitrogens with zero attached hydrogens (tertiary/aromatic N) is 2. The summed E-state index contributed by atoms with van der Waals surface area (Å²) >= 11 is 0. The Bertz CT molecular complexity index is 421. The Morgan fingerprint density at radius 1 is 1.30 bits per heavy atom. The fraction of sp³-hybridized carbons (Fsp3) is 0.714.